The van der Waals surface area contributed by atoms with Crippen LogP contribution in [0.2, 0.25) is 0 Å². The molecule has 1 fully saturated rings. The molecule has 0 aliphatic carbocycles. The van der Waals surface area contributed by atoms with E-state index in [2.05, 4.69) is 46.8 Å². The Labute approximate surface area is 184 Å². The first-order valence-corrected chi connectivity index (χ1v) is 10.7. The number of nitrogens with zero attached hydrogens (tertiary/aromatic N) is 2. The first kappa shape index (κ1) is 24.6. The van der Waals surface area contributed by atoms with Gasteiger partial charge in [-0.1, -0.05) is 13.8 Å². The summed E-state index contributed by atoms with van der Waals surface area (Å²) in [6.45, 7) is 12.1. The molecule has 0 aromatic carbocycles. The fraction of sp³-hybridized carbons (Fsp3) is 0.789. The number of aromatic nitrogens is 1. The number of hydrogen-bond donors (Lipinski definition) is 2. The van der Waals surface area contributed by atoms with E-state index in [1.165, 1.54) is 0 Å². The highest BCUT2D eigenvalue weighted by Gasteiger charge is 2.13. The number of thiazole rings is 1. The monoisotopic (exact) mass is 510 g/mol. The second-order valence-electron chi connectivity index (χ2n) is 6.93. The second-order valence-corrected chi connectivity index (χ2v) is 7.87. The van der Waals surface area contributed by atoms with E-state index < -0.39 is 0 Å². The van der Waals surface area contributed by atoms with E-state index >= 15 is 0 Å². The van der Waals surface area contributed by atoms with Crippen LogP contribution in [0.3, 0.4) is 0 Å². The Morgan fingerprint density at radius 1 is 1.37 bits per heavy atom. The Morgan fingerprint density at radius 3 is 2.81 bits per heavy atom. The number of hydrogen-bond acceptors (Lipinski definition) is 5. The lowest BCUT2D eigenvalue weighted by Gasteiger charge is -2.21. The normalized spacial score (nSPS) is 15.6. The molecule has 0 amide bonds. The van der Waals surface area contributed by atoms with Gasteiger partial charge >= 0.3 is 0 Å². The van der Waals surface area contributed by atoms with Crippen molar-refractivity contribution in [1.29, 1.82) is 0 Å². The van der Waals surface area contributed by atoms with Gasteiger partial charge in [-0.3, -0.25) is 0 Å². The van der Waals surface area contributed by atoms with Crippen molar-refractivity contribution in [3.63, 3.8) is 0 Å². The molecule has 0 saturated carbocycles. The molecule has 0 atom stereocenters. The summed E-state index contributed by atoms with van der Waals surface area (Å²) in [7, 11) is 0. The maximum Gasteiger partial charge on any atom is 0.191 e. The molecule has 27 heavy (non-hydrogen) atoms. The molecule has 0 radical (unpaired) electrons. The van der Waals surface area contributed by atoms with Crippen molar-refractivity contribution in [3.05, 3.63) is 16.1 Å². The SMILES string of the molecule is CCNC(=NCc1nc(C(C)C)cs1)NCCCOCC1CCOCC1.I. The summed E-state index contributed by atoms with van der Waals surface area (Å²) in [5.74, 6) is 1.99. The van der Waals surface area contributed by atoms with E-state index in [1.807, 2.05) is 0 Å². The van der Waals surface area contributed by atoms with Crippen LogP contribution in [0.15, 0.2) is 10.4 Å². The molecule has 156 valence electrons. The fourth-order valence-corrected chi connectivity index (χ4v) is 3.57. The van der Waals surface area contributed by atoms with Gasteiger partial charge in [-0.05, 0) is 38.0 Å². The predicted molar refractivity (Wildman–Crippen MR) is 123 cm³/mol. The quantitative estimate of drug-likeness (QED) is 0.217. The van der Waals surface area contributed by atoms with Crippen LogP contribution >= 0.6 is 35.3 Å². The number of aliphatic imine (C=N–C) groups is 1. The van der Waals surface area contributed by atoms with Gasteiger partial charge in [0.15, 0.2) is 5.96 Å². The number of ether oxygens (including phenoxy) is 2. The summed E-state index contributed by atoms with van der Waals surface area (Å²) in [5.41, 5.74) is 1.15. The highest BCUT2D eigenvalue weighted by Crippen LogP contribution is 2.18. The molecule has 1 saturated heterocycles. The molecular weight excluding hydrogens is 475 g/mol. The van der Waals surface area contributed by atoms with Crippen LogP contribution in [0.4, 0.5) is 0 Å². The van der Waals surface area contributed by atoms with Gasteiger partial charge in [0, 0.05) is 44.9 Å². The summed E-state index contributed by atoms with van der Waals surface area (Å²) < 4.78 is 11.2. The van der Waals surface area contributed by atoms with E-state index in [0.717, 1.165) is 75.4 Å². The molecule has 0 spiro atoms. The minimum Gasteiger partial charge on any atom is -0.381 e. The van der Waals surface area contributed by atoms with Gasteiger partial charge in [0.1, 0.15) is 5.01 Å². The molecule has 8 heteroatoms. The van der Waals surface area contributed by atoms with Crippen molar-refractivity contribution in [2.24, 2.45) is 10.9 Å². The van der Waals surface area contributed by atoms with Gasteiger partial charge in [0.25, 0.3) is 0 Å². The van der Waals surface area contributed by atoms with E-state index in [9.17, 15) is 0 Å². The van der Waals surface area contributed by atoms with Gasteiger partial charge < -0.3 is 20.1 Å². The van der Waals surface area contributed by atoms with E-state index in [0.29, 0.717) is 18.4 Å². The maximum absolute atomic E-state index is 5.81. The van der Waals surface area contributed by atoms with Gasteiger partial charge in [-0.25, -0.2) is 9.98 Å². The third-order valence-corrected chi connectivity index (χ3v) is 5.18. The molecule has 6 nitrogen and oxygen atoms in total. The van der Waals surface area contributed by atoms with Crippen molar-refractivity contribution >= 4 is 41.3 Å². The summed E-state index contributed by atoms with van der Waals surface area (Å²) in [4.78, 5) is 9.27. The van der Waals surface area contributed by atoms with Crippen LogP contribution < -0.4 is 10.6 Å². The first-order chi connectivity index (χ1) is 12.7. The number of guanidine groups is 1. The summed E-state index contributed by atoms with van der Waals surface area (Å²) in [5, 5.41) is 9.85. The Bertz CT molecular complexity index is 534. The average Bonchev–Trinajstić information content (AvgIpc) is 3.12. The average molecular weight is 510 g/mol. The third-order valence-electron chi connectivity index (χ3n) is 4.33. The summed E-state index contributed by atoms with van der Waals surface area (Å²) in [6.07, 6.45) is 3.23. The summed E-state index contributed by atoms with van der Waals surface area (Å²) >= 11 is 1.68. The molecule has 1 aromatic rings. The van der Waals surface area contributed by atoms with Crippen LogP contribution in [0.25, 0.3) is 0 Å². The molecule has 2 rings (SSSR count). The minimum atomic E-state index is 0. The zero-order valence-electron chi connectivity index (χ0n) is 16.8. The Morgan fingerprint density at radius 2 is 2.15 bits per heavy atom. The fourth-order valence-electron chi connectivity index (χ4n) is 2.70. The molecule has 0 unspecified atom stereocenters. The minimum absolute atomic E-state index is 0. The van der Waals surface area contributed by atoms with Crippen LogP contribution in [0.1, 0.15) is 56.7 Å². The summed E-state index contributed by atoms with van der Waals surface area (Å²) in [6, 6.07) is 0. The number of halogens is 1. The van der Waals surface area contributed by atoms with Crippen molar-refractivity contribution in [2.75, 3.05) is 39.5 Å². The molecule has 2 N–H and O–H groups in total. The Kier molecular flexibility index (Phi) is 13.2. The zero-order chi connectivity index (χ0) is 18.6. The van der Waals surface area contributed by atoms with Gasteiger partial charge in [-0.15, -0.1) is 35.3 Å². The first-order valence-electron chi connectivity index (χ1n) is 9.81. The third kappa shape index (κ3) is 10.0. The zero-order valence-corrected chi connectivity index (χ0v) is 20.0. The highest BCUT2D eigenvalue weighted by atomic mass is 127. The Balaban J connectivity index is 0.00000364. The largest absolute Gasteiger partial charge is 0.381 e. The predicted octanol–water partition coefficient (Wildman–Crippen LogP) is 3.77. The lowest BCUT2D eigenvalue weighted by Crippen LogP contribution is -2.38. The lowest BCUT2D eigenvalue weighted by atomic mass is 10.0. The van der Waals surface area contributed by atoms with Crippen molar-refractivity contribution in [1.82, 2.24) is 15.6 Å². The van der Waals surface area contributed by atoms with Gasteiger partial charge in [0.2, 0.25) is 0 Å². The highest BCUT2D eigenvalue weighted by molar-refractivity contribution is 14.0. The van der Waals surface area contributed by atoms with E-state index in [-0.39, 0.29) is 24.0 Å². The second kappa shape index (κ2) is 14.5. The topological polar surface area (TPSA) is 67.8 Å². The molecule has 1 aliphatic heterocycles. The maximum atomic E-state index is 5.81. The molecule has 1 aliphatic rings. The van der Waals surface area contributed by atoms with Gasteiger partial charge in [-0.2, -0.15) is 0 Å². The van der Waals surface area contributed by atoms with E-state index in [4.69, 9.17) is 9.47 Å². The Hall–Kier alpha value is -0.450. The van der Waals surface area contributed by atoms with Crippen LogP contribution in [-0.4, -0.2) is 50.5 Å². The molecular formula is C19H35IN4O2S. The smallest absolute Gasteiger partial charge is 0.191 e. The molecule has 0 bridgehead atoms. The molecule has 2 heterocycles. The number of nitrogens with one attached hydrogen (secondary N) is 2. The van der Waals surface area contributed by atoms with Crippen molar-refractivity contribution < 1.29 is 9.47 Å². The van der Waals surface area contributed by atoms with Crippen molar-refractivity contribution in [3.8, 4) is 0 Å². The van der Waals surface area contributed by atoms with Crippen molar-refractivity contribution in [2.45, 2.75) is 52.5 Å². The van der Waals surface area contributed by atoms with Crippen LogP contribution in [-0.2, 0) is 16.0 Å². The lowest BCUT2D eigenvalue weighted by molar-refractivity contribution is 0.0203. The van der Waals surface area contributed by atoms with Crippen LogP contribution in [0.5, 0.6) is 0 Å². The molecule has 1 aromatic heterocycles. The standard InChI is InChI=1S/C19H34N4O2S.HI/c1-4-20-19(22-12-18-23-17(14-26-18)15(2)3)21-8-5-9-25-13-16-6-10-24-11-7-16;/h14-16H,4-13H2,1-3H3,(H2,20,21,22);1H. The number of rotatable bonds is 10. The van der Waals surface area contributed by atoms with Gasteiger partial charge in [0.05, 0.1) is 12.2 Å². The van der Waals surface area contributed by atoms with E-state index in [1.54, 1.807) is 11.3 Å². The van der Waals surface area contributed by atoms with Crippen LogP contribution in [0, 0.1) is 5.92 Å².